The first kappa shape index (κ1) is 16.6. The second-order valence-electron chi connectivity index (χ2n) is 4.03. The van der Waals surface area contributed by atoms with Crippen molar-refractivity contribution in [2.75, 3.05) is 38.8 Å². The van der Waals surface area contributed by atoms with E-state index in [1.807, 2.05) is 0 Å². The Balaban J connectivity index is 2.23. The summed E-state index contributed by atoms with van der Waals surface area (Å²) in [6.45, 7) is 2.49. The number of nitrogens with zero attached hydrogens (tertiary/aromatic N) is 2. The quantitative estimate of drug-likeness (QED) is 0.309. The highest BCUT2D eigenvalue weighted by Gasteiger charge is 2.09. The number of aromatic nitrogens is 1. The zero-order valence-electron chi connectivity index (χ0n) is 11.3. The molecule has 0 spiro atoms. The maximum absolute atomic E-state index is 10.7. The number of ether oxygens (including phenoxy) is 2. The van der Waals surface area contributed by atoms with E-state index in [9.17, 15) is 10.1 Å². The Morgan fingerprint density at radius 3 is 2.85 bits per heavy atom. The molecule has 0 saturated carbocycles. The second kappa shape index (κ2) is 9.46. The number of anilines is 1. The molecule has 0 bridgehead atoms. The lowest BCUT2D eigenvalue weighted by molar-refractivity contribution is -0.384. The van der Waals surface area contributed by atoms with Gasteiger partial charge in [-0.25, -0.2) is 4.98 Å². The Hall–Kier alpha value is -1.44. The minimum Gasteiger partial charge on any atom is -0.382 e. The average Bonchev–Trinajstić information content (AvgIpc) is 2.41. The first-order valence-corrected chi connectivity index (χ1v) is 6.64. The van der Waals surface area contributed by atoms with Gasteiger partial charge in [-0.2, -0.15) is 0 Å². The van der Waals surface area contributed by atoms with Crippen molar-refractivity contribution in [1.29, 1.82) is 0 Å². The maximum Gasteiger partial charge on any atom is 0.276 e. The SMILES string of the molecule is COCCOCCCCNc1cc([N+](=O)[O-])cc(Cl)n1. The molecule has 0 aliphatic rings. The van der Waals surface area contributed by atoms with Crippen molar-refractivity contribution in [3.63, 3.8) is 0 Å². The van der Waals surface area contributed by atoms with E-state index in [1.54, 1.807) is 7.11 Å². The summed E-state index contributed by atoms with van der Waals surface area (Å²) in [6.07, 6.45) is 1.76. The van der Waals surface area contributed by atoms with Gasteiger partial charge in [-0.05, 0) is 12.8 Å². The molecule has 0 radical (unpaired) electrons. The van der Waals surface area contributed by atoms with Crippen LogP contribution >= 0.6 is 11.6 Å². The number of pyridine rings is 1. The van der Waals surface area contributed by atoms with Crippen LogP contribution in [0, 0.1) is 10.1 Å². The molecule has 8 heteroatoms. The van der Waals surface area contributed by atoms with Crippen molar-refractivity contribution < 1.29 is 14.4 Å². The third kappa shape index (κ3) is 6.65. The molecule has 1 aromatic heterocycles. The molecule has 20 heavy (non-hydrogen) atoms. The van der Waals surface area contributed by atoms with Crippen LogP contribution < -0.4 is 5.32 Å². The lowest BCUT2D eigenvalue weighted by Gasteiger charge is -2.06. The van der Waals surface area contributed by atoms with Crippen LogP contribution in [0.1, 0.15) is 12.8 Å². The van der Waals surface area contributed by atoms with Gasteiger partial charge in [-0.3, -0.25) is 10.1 Å². The number of rotatable bonds is 10. The Labute approximate surface area is 122 Å². The molecule has 1 heterocycles. The number of hydrogen-bond donors (Lipinski definition) is 1. The predicted molar refractivity (Wildman–Crippen MR) is 76.3 cm³/mol. The number of halogens is 1. The maximum atomic E-state index is 10.7. The standard InChI is InChI=1S/C12H18ClN3O4/c1-19-6-7-20-5-3-2-4-14-12-9-10(16(17)18)8-11(13)15-12/h8-9H,2-7H2,1H3,(H,14,15). The van der Waals surface area contributed by atoms with Gasteiger partial charge < -0.3 is 14.8 Å². The molecule has 0 aromatic carbocycles. The van der Waals surface area contributed by atoms with Gasteiger partial charge in [0, 0.05) is 20.3 Å². The van der Waals surface area contributed by atoms with Gasteiger partial charge in [0.25, 0.3) is 5.69 Å². The van der Waals surface area contributed by atoms with Gasteiger partial charge in [-0.15, -0.1) is 0 Å². The highest BCUT2D eigenvalue weighted by molar-refractivity contribution is 6.29. The third-order valence-electron chi connectivity index (χ3n) is 2.44. The summed E-state index contributed by atoms with van der Waals surface area (Å²) in [7, 11) is 1.63. The molecule has 1 rings (SSSR count). The van der Waals surface area contributed by atoms with E-state index in [1.165, 1.54) is 12.1 Å². The van der Waals surface area contributed by atoms with Crippen LogP contribution in [0.3, 0.4) is 0 Å². The van der Waals surface area contributed by atoms with Crippen molar-refractivity contribution >= 4 is 23.1 Å². The van der Waals surface area contributed by atoms with Gasteiger partial charge >= 0.3 is 0 Å². The first-order valence-electron chi connectivity index (χ1n) is 6.26. The summed E-state index contributed by atoms with van der Waals surface area (Å²) in [5.41, 5.74) is -0.0737. The van der Waals surface area contributed by atoms with E-state index in [4.69, 9.17) is 21.1 Å². The number of nitrogens with one attached hydrogen (secondary N) is 1. The fourth-order valence-corrected chi connectivity index (χ4v) is 1.67. The fourth-order valence-electron chi connectivity index (χ4n) is 1.47. The van der Waals surface area contributed by atoms with Crippen LogP contribution in [0.4, 0.5) is 11.5 Å². The Morgan fingerprint density at radius 1 is 1.35 bits per heavy atom. The number of unbranched alkanes of at least 4 members (excludes halogenated alkanes) is 1. The minimum atomic E-state index is -0.498. The monoisotopic (exact) mass is 303 g/mol. The van der Waals surface area contributed by atoms with E-state index >= 15 is 0 Å². The average molecular weight is 304 g/mol. The molecule has 0 fully saturated rings. The van der Waals surface area contributed by atoms with Gasteiger partial charge in [0.15, 0.2) is 0 Å². The van der Waals surface area contributed by atoms with E-state index in [0.717, 1.165) is 12.8 Å². The molecule has 0 amide bonds. The number of methoxy groups -OCH3 is 1. The summed E-state index contributed by atoms with van der Waals surface area (Å²) in [6, 6.07) is 2.58. The molecule has 1 aromatic rings. The Morgan fingerprint density at radius 2 is 2.15 bits per heavy atom. The van der Waals surface area contributed by atoms with Crippen molar-refractivity contribution in [2.24, 2.45) is 0 Å². The largest absolute Gasteiger partial charge is 0.382 e. The van der Waals surface area contributed by atoms with Crippen LogP contribution in [-0.2, 0) is 9.47 Å². The van der Waals surface area contributed by atoms with E-state index < -0.39 is 4.92 Å². The number of hydrogen-bond acceptors (Lipinski definition) is 6. The van der Waals surface area contributed by atoms with Crippen LogP contribution in [-0.4, -0.2) is 43.4 Å². The molecule has 0 aliphatic carbocycles. The smallest absolute Gasteiger partial charge is 0.276 e. The zero-order chi connectivity index (χ0) is 14.8. The summed E-state index contributed by atoms with van der Waals surface area (Å²) < 4.78 is 10.2. The molecule has 0 aliphatic heterocycles. The molecule has 7 nitrogen and oxygen atoms in total. The molecule has 0 saturated heterocycles. The van der Waals surface area contributed by atoms with Crippen LogP contribution in [0.5, 0.6) is 0 Å². The summed E-state index contributed by atoms with van der Waals surface area (Å²) in [5, 5.41) is 13.8. The molecule has 112 valence electrons. The highest BCUT2D eigenvalue weighted by Crippen LogP contribution is 2.20. The van der Waals surface area contributed by atoms with E-state index in [-0.39, 0.29) is 10.8 Å². The molecule has 0 atom stereocenters. The molecular weight excluding hydrogens is 286 g/mol. The van der Waals surface area contributed by atoms with Gasteiger partial charge in [0.05, 0.1) is 30.3 Å². The topological polar surface area (TPSA) is 86.5 Å². The number of nitro groups is 1. The first-order chi connectivity index (χ1) is 9.63. The fraction of sp³-hybridized carbons (Fsp3) is 0.583. The minimum absolute atomic E-state index is 0.0737. The van der Waals surface area contributed by atoms with Crippen LogP contribution in [0.25, 0.3) is 0 Å². The van der Waals surface area contributed by atoms with Crippen LogP contribution in [0.15, 0.2) is 12.1 Å². The lowest BCUT2D eigenvalue weighted by Crippen LogP contribution is -2.07. The van der Waals surface area contributed by atoms with Gasteiger partial charge in [-0.1, -0.05) is 11.6 Å². The third-order valence-corrected chi connectivity index (χ3v) is 2.64. The van der Waals surface area contributed by atoms with Crippen molar-refractivity contribution in [3.05, 3.63) is 27.4 Å². The van der Waals surface area contributed by atoms with Gasteiger partial charge in [0.2, 0.25) is 0 Å². The molecular formula is C12H18ClN3O4. The predicted octanol–water partition coefficient (Wildman–Crippen LogP) is 2.50. The molecule has 1 N–H and O–H groups in total. The van der Waals surface area contributed by atoms with Crippen molar-refractivity contribution in [3.8, 4) is 0 Å². The van der Waals surface area contributed by atoms with Crippen molar-refractivity contribution in [1.82, 2.24) is 4.98 Å². The normalized spacial score (nSPS) is 10.5. The Bertz CT molecular complexity index is 431. The van der Waals surface area contributed by atoms with Crippen molar-refractivity contribution in [2.45, 2.75) is 12.8 Å². The summed E-state index contributed by atoms with van der Waals surface area (Å²) in [5.74, 6) is 0.407. The summed E-state index contributed by atoms with van der Waals surface area (Å²) >= 11 is 5.72. The van der Waals surface area contributed by atoms with Gasteiger partial charge in [0.1, 0.15) is 11.0 Å². The van der Waals surface area contributed by atoms with Crippen LogP contribution in [0.2, 0.25) is 5.15 Å². The lowest BCUT2D eigenvalue weighted by atomic mass is 10.3. The zero-order valence-corrected chi connectivity index (χ0v) is 12.1. The van der Waals surface area contributed by atoms with E-state index in [2.05, 4.69) is 10.3 Å². The summed E-state index contributed by atoms with van der Waals surface area (Å²) in [4.78, 5) is 14.2. The van der Waals surface area contributed by atoms with E-state index in [0.29, 0.717) is 32.2 Å². The second-order valence-corrected chi connectivity index (χ2v) is 4.42. The molecule has 0 unspecified atom stereocenters. The highest BCUT2D eigenvalue weighted by atomic mass is 35.5. The Kier molecular flexibility index (Phi) is 7.86.